The first kappa shape index (κ1) is 17.8. The van der Waals surface area contributed by atoms with Gasteiger partial charge in [-0.3, -0.25) is 14.5 Å². The van der Waals surface area contributed by atoms with Crippen molar-refractivity contribution in [2.45, 2.75) is 31.4 Å². The molecule has 0 radical (unpaired) electrons. The lowest BCUT2D eigenvalue weighted by atomic mass is 9.92. The number of aliphatic hydroxyl groups excluding tert-OH is 1. The minimum Gasteiger partial charge on any atom is -0.389 e. The van der Waals surface area contributed by atoms with Crippen molar-refractivity contribution in [3.63, 3.8) is 0 Å². The van der Waals surface area contributed by atoms with Gasteiger partial charge in [-0.25, -0.2) is 4.39 Å². The van der Waals surface area contributed by atoms with Gasteiger partial charge in [0.05, 0.1) is 12.1 Å². The van der Waals surface area contributed by atoms with Crippen LogP contribution >= 0.6 is 0 Å². The lowest BCUT2D eigenvalue weighted by Gasteiger charge is -2.37. The Bertz CT molecular complexity index is 700. The number of likely N-dealkylation sites (tertiary alicyclic amines) is 1. The van der Waals surface area contributed by atoms with E-state index in [0.717, 1.165) is 12.8 Å². The van der Waals surface area contributed by atoms with Crippen LogP contribution in [-0.2, 0) is 9.59 Å². The van der Waals surface area contributed by atoms with Crippen LogP contribution in [0.1, 0.15) is 30.9 Å². The number of nitrogens with one attached hydrogen (secondary N) is 1. The number of carbonyl (C=O) groups excluding carboxylic acids is 2. The van der Waals surface area contributed by atoms with E-state index in [-0.39, 0.29) is 24.2 Å². The number of ketones is 1. The summed E-state index contributed by atoms with van der Waals surface area (Å²) in [5, 5.41) is 12.7. The molecule has 1 saturated heterocycles. The molecule has 6 heteroatoms. The molecule has 1 aromatic rings. The van der Waals surface area contributed by atoms with E-state index in [1.165, 1.54) is 19.2 Å². The summed E-state index contributed by atoms with van der Waals surface area (Å²) in [5.74, 6) is -0.681. The molecule has 2 fully saturated rings. The van der Waals surface area contributed by atoms with Crippen molar-refractivity contribution < 1.29 is 19.1 Å². The summed E-state index contributed by atoms with van der Waals surface area (Å²) >= 11 is 0. The van der Waals surface area contributed by atoms with E-state index in [1.807, 2.05) is 4.90 Å². The molecule has 1 aliphatic carbocycles. The van der Waals surface area contributed by atoms with E-state index < -0.39 is 18.0 Å². The summed E-state index contributed by atoms with van der Waals surface area (Å²) < 4.78 is 14.4. The number of amides is 1. The lowest BCUT2D eigenvalue weighted by Crippen LogP contribution is -2.44. The van der Waals surface area contributed by atoms with Crippen molar-refractivity contribution >= 4 is 11.7 Å². The van der Waals surface area contributed by atoms with Gasteiger partial charge in [0, 0.05) is 37.7 Å². The molecule has 2 N–H and O–H groups in total. The highest BCUT2D eigenvalue weighted by Gasteiger charge is 2.41. The van der Waals surface area contributed by atoms with Crippen LogP contribution in [0.4, 0.5) is 4.39 Å². The number of rotatable bonds is 5. The third-order valence-electron chi connectivity index (χ3n) is 4.88. The van der Waals surface area contributed by atoms with Crippen molar-refractivity contribution in [1.29, 1.82) is 0 Å². The van der Waals surface area contributed by atoms with E-state index in [2.05, 4.69) is 5.32 Å². The van der Waals surface area contributed by atoms with Gasteiger partial charge in [-0.2, -0.15) is 0 Å². The second kappa shape index (κ2) is 7.45. The average molecular weight is 346 g/mol. The van der Waals surface area contributed by atoms with Crippen molar-refractivity contribution in [1.82, 2.24) is 10.2 Å². The molecule has 0 spiro atoms. The minimum atomic E-state index is -0.717. The van der Waals surface area contributed by atoms with E-state index in [0.29, 0.717) is 24.1 Å². The molecular formula is C19H23FN2O3. The summed E-state index contributed by atoms with van der Waals surface area (Å²) in [5.41, 5.74) is 0.922. The number of hydrogen-bond donors (Lipinski definition) is 2. The zero-order chi connectivity index (χ0) is 18.0. The molecule has 0 aromatic heterocycles. The summed E-state index contributed by atoms with van der Waals surface area (Å²) in [6, 6.07) is 5.67. The SMILES string of the molecule is CNC(=O)C=C1CN(C(C(=O)C2CC2)c2ccccc2F)CCC1O. The number of hydrogen-bond acceptors (Lipinski definition) is 4. The van der Waals surface area contributed by atoms with Crippen LogP contribution in [0, 0.1) is 11.7 Å². The first-order valence-electron chi connectivity index (χ1n) is 8.63. The van der Waals surface area contributed by atoms with E-state index >= 15 is 0 Å². The van der Waals surface area contributed by atoms with Crippen LogP contribution in [0.2, 0.25) is 0 Å². The molecule has 2 unspecified atom stereocenters. The van der Waals surface area contributed by atoms with Crippen LogP contribution in [0.3, 0.4) is 0 Å². The van der Waals surface area contributed by atoms with E-state index in [4.69, 9.17) is 0 Å². The second-order valence-corrected chi connectivity index (χ2v) is 6.71. The number of likely N-dealkylation sites (N-methyl/N-ethyl adjacent to an activating group) is 1. The molecule has 2 aliphatic rings. The summed E-state index contributed by atoms with van der Waals surface area (Å²) in [4.78, 5) is 26.4. The Morgan fingerprint density at radius 3 is 2.68 bits per heavy atom. The van der Waals surface area contributed by atoms with Crippen LogP contribution in [0.15, 0.2) is 35.9 Å². The van der Waals surface area contributed by atoms with Gasteiger partial charge in [0.1, 0.15) is 5.82 Å². The van der Waals surface area contributed by atoms with Gasteiger partial charge >= 0.3 is 0 Å². The maximum absolute atomic E-state index is 14.4. The number of aliphatic hydroxyl groups is 1. The number of halogens is 1. The Balaban J connectivity index is 1.91. The summed E-state index contributed by atoms with van der Waals surface area (Å²) in [6.07, 6.45) is 2.76. The van der Waals surface area contributed by atoms with Gasteiger partial charge in [0.15, 0.2) is 5.78 Å². The third kappa shape index (κ3) is 3.96. The first-order valence-corrected chi connectivity index (χ1v) is 8.63. The van der Waals surface area contributed by atoms with Crippen LogP contribution in [-0.4, -0.2) is 47.9 Å². The third-order valence-corrected chi connectivity index (χ3v) is 4.88. The predicted molar refractivity (Wildman–Crippen MR) is 91.2 cm³/mol. The molecule has 1 heterocycles. The normalized spacial score (nSPS) is 24.1. The Labute approximate surface area is 146 Å². The van der Waals surface area contributed by atoms with Gasteiger partial charge in [-0.15, -0.1) is 0 Å². The topological polar surface area (TPSA) is 69.6 Å². The molecular weight excluding hydrogens is 323 g/mol. The highest BCUT2D eigenvalue weighted by molar-refractivity contribution is 5.90. The fourth-order valence-electron chi connectivity index (χ4n) is 3.31. The Kier molecular flexibility index (Phi) is 5.30. The molecule has 1 aromatic carbocycles. The molecule has 134 valence electrons. The smallest absolute Gasteiger partial charge is 0.243 e. The van der Waals surface area contributed by atoms with Gasteiger partial charge in [-0.1, -0.05) is 18.2 Å². The maximum Gasteiger partial charge on any atom is 0.243 e. The largest absolute Gasteiger partial charge is 0.389 e. The van der Waals surface area contributed by atoms with Gasteiger partial charge < -0.3 is 10.4 Å². The highest BCUT2D eigenvalue weighted by Crippen LogP contribution is 2.39. The van der Waals surface area contributed by atoms with Crippen LogP contribution in [0.5, 0.6) is 0 Å². The number of Topliss-reactive ketones (excluding diaryl/α,β-unsaturated/α-hetero) is 1. The number of nitrogens with zero attached hydrogens (tertiary/aromatic N) is 1. The standard InChI is InChI=1S/C19H23FN2O3/c1-21-17(24)10-13-11-22(9-8-16(13)23)18(19(25)12-6-7-12)14-4-2-3-5-15(14)20/h2-5,10,12,16,18,23H,6-9,11H2,1H3,(H,21,24). The fourth-order valence-corrected chi connectivity index (χ4v) is 3.31. The van der Waals surface area contributed by atoms with E-state index in [9.17, 15) is 19.1 Å². The zero-order valence-electron chi connectivity index (χ0n) is 14.2. The number of piperidine rings is 1. The zero-order valence-corrected chi connectivity index (χ0v) is 14.2. The lowest BCUT2D eigenvalue weighted by molar-refractivity contribution is -0.126. The minimum absolute atomic E-state index is 0.0113. The Morgan fingerprint density at radius 1 is 1.32 bits per heavy atom. The summed E-state index contributed by atoms with van der Waals surface area (Å²) in [6.45, 7) is 0.746. The highest BCUT2D eigenvalue weighted by atomic mass is 19.1. The summed E-state index contributed by atoms with van der Waals surface area (Å²) in [7, 11) is 1.52. The molecule has 0 bridgehead atoms. The molecule has 1 aliphatic heterocycles. The average Bonchev–Trinajstić information content (AvgIpc) is 3.44. The van der Waals surface area contributed by atoms with Crippen LogP contribution < -0.4 is 5.32 Å². The van der Waals surface area contributed by atoms with Gasteiger partial charge in [-0.05, 0) is 30.9 Å². The molecule has 3 rings (SSSR count). The predicted octanol–water partition coefficient (Wildman–Crippen LogP) is 1.58. The second-order valence-electron chi connectivity index (χ2n) is 6.71. The molecule has 1 amide bonds. The monoisotopic (exact) mass is 346 g/mol. The van der Waals surface area contributed by atoms with Crippen molar-refractivity contribution in [2.75, 3.05) is 20.1 Å². The van der Waals surface area contributed by atoms with Crippen molar-refractivity contribution in [3.8, 4) is 0 Å². The molecule has 2 atom stereocenters. The quantitative estimate of drug-likeness (QED) is 0.795. The van der Waals surface area contributed by atoms with Crippen molar-refractivity contribution in [3.05, 3.63) is 47.3 Å². The van der Waals surface area contributed by atoms with Gasteiger partial charge in [0.25, 0.3) is 0 Å². The maximum atomic E-state index is 14.4. The van der Waals surface area contributed by atoms with Crippen molar-refractivity contribution in [2.24, 2.45) is 5.92 Å². The van der Waals surface area contributed by atoms with Crippen LogP contribution in [0.25, 0.3) is 0 Å². The molecule has 5 nitrogen and oxygen atoms in total. The molecule has 1 saturated carbocycles. The Morgan fingerprint density at radius 2 is 2.04 bits per heavy atom. The molecule has 25 heavy (non-hydrogen) atoms. The fraction of sp³-hybridized carbons (Fsp3) is 0.474. The number of carbonyl (C=O) groups is 2. The Hall–Kier alpha value is -2.05. The van der Waals surface area contributed by atoms with Gasteiger partial charge in [0.2, 0.25) is 5.91 Å². The van der Waals surface area contributed by atoms with E-state index in [1.54, 1.807) is 18.2 Å². The number of benzene rings is 1. The first-order chi connectivity index (χ1) is 12.0.